The number of hydrogen-bond acceptors (Lipinski definition) is 5. The van der Waals surface area contributed by atoms with Gasteiger partial charge in [-0.3, -0.25) is 0 Å². The van der Waals surface area contributed by atoms with Crippen molar-refractivity contribution in [2.45, 2.75) is 37.1 Å². The van der Waals surface area contributed by atoms with Crippen molar-refractivity contribution in [2.75, 3.05) is 12.3 Å². The lowest BCUT2D eigenvalue weighted by molar-refractivity contribution is 0.539. The van der Waals surface area contributed by atoms with Gasteiger partial charge in [0.15, 0.2) is 4.34 Å². The maximum Gasteiger partial charge on any atom is 0.169 e. The van der Waals surface area contributed by atoms with E-state index in [4.69, 9.17) is 0 Å². The van der Waals surface area contributed by atoms with Gasteiger partial charge in [-0.15, -0.1) is 0 Å². The van der Waals surface area contributed by atoms with Crippen LogP contribution in [0.25, 0.3) is 0 Å². The molecule has 0 radical (unpaired) electrons. The van der Waals surface area contributed by atoms with Crippen LogP contribution in [0.2, 0.25) is 0 Å². The van der Waals surface area contributed by atoms with Crippen molar-refractivity contribution in [3.05, 3.63) is 6.33 Å². The van der Waals surface area contributed by atoms with E-state index in [2.05, 4.69) is 28.5 Å². The molecule has 80 valence electrons. The summed E-state index contributed by atoms with van der Waals surface area (Å²) in [5, 5.41) is 3.52. The third kappa shape index (κ3) is 4.39. The fourth-order valence-electron chi connectivity index (χ4n) is 1.07. The van der Waals surface area contributed by atoms with Gasteiger partial charge in [0, 0.05) is 11.8 Å². The van der Waals surface area contributed by atoms with Crippen LogP contribution in [0, 0.1) is 0 Å². The molecule has 0 aromatic carbocycles. The largest absolute Gasteiger partial charge is 0.313 e. The fraction of sp³-hybridized carbons (Fsp3) is 0.778. The lowest BCUT2D eigenvalue weighted by atomic mass is 10.2. The van der Waals surface area contributed by atoms with Crippen LogP contribution in [-0.4, -0.2) is 27.7 Å². The van der Waals surface area contributed by atoms with Crippen LogP contribution in [0.4, 0.5) is 0 Å². The standard InChI is InChI=1S/C9H17N3S2/c1-3-5-10-8(4-2)6-13-9-11-7-12-14-9/h7-8,10H,3-6H2,1-2H3. The van der Waals surface area contributed by atoms with Crippen molar-refractivity contribution in [3.8, 4) is 0 Å². The number of aromatic nitrogens is 2. The highest BCUT2D eigenvalue weighted by Gasteiger charge is 2.06. The van der Waals surface area contributed by atoms with Crippen LogP contribution in [-0.2, 0) is 0 Å². The Balaban J connectivity index is 2.20. The second-order valence-electron chi connectivity index (χ2n) is 3.08. The first-order valence-electron chi connectivity index (χ1n) is 4.99. The van der Waals surface area contributed by atoms with Gasteiger partial charge in [0.25, 0.3) is 0 Å². The Hall–Kier alpha value is -0.130. The first kappa shape index (κ1) is 11.9. The Labute approximate surface area is 93.9 Å². The first-order valence-corrected chi connectivity index (χ1v) is 6.75. The quantitative estimate of drug-likeness (QED) is 0.731. The summed E-state index contributed by atoms with van der Waals surface area (Å²) in [6.45, 7) is 5.51. The zero-order chi connectivity index (χ0) is 10.2. The predicted molar refractivity (Wildman–Crippen MR) is 63.0 cm³/mol. The summed E-state index contributed by atoms with van der Waals surface area (Å²) >= 11 is 3.27. The number of nitrogens with one attached hydrogen (secondary N) is 1. The van der Waals surface area contributed by atoms with E-state index in [1.807, 2.05) is 0 Å². The van der Waals surface area contributed by atoms with Gasteiger partial charge in [0.05, 0.1) is 0 Å². The molecule has 0 amide bonds. The summed E-state index contributed by atoms with van der Waals surface area (Å²) in [6.07, 6.45) is 3.99. The van der Waals surface area contributed by atoms with Gasteiger partial charge in [-0.2, -0.15) is 4.37 Å². The van der Waals surface area contributed by atoms with E-state index in [1.165, 1.54) is 24.4 Å². The van der Waals surface area contributed by atoms with Crippen molar-refractivity contribution in [1.82, 2.24) is 14.7 Å². The summed E-state index contributed by atoms with van der Waals surface area (Å²) in [5.41, 5.74) is 0. The molecule has 14 heavy (non-hydrogen) atoms. The zero-order valence-electron chi connectivity index (χ0n) is 8.69. The maximum absolute atomic E-state index is 4.15. The lowest BCUT2D eigenvalue weighted by Crippen LogP contribution is -2.31. The van der Waals surface area contributed by atoms with E-state index in [-0.39, 0.29) is 0 Å². The third-order valence-corrected chi connectivity index (χ3v) is 3.88. The first-order chi connectivity index (χ1) is 6.86. The average molecular weight is 231 g/mol. The molecule has 1 atom stereocenters. The van der Waals surface area contributed by atoms with Crippen molar-refractivity contribution >= 4 is 23.3 Å². The van der Waals surface area contributed by atoms with Crippen LogP contribution in [0.5, 0.6) is 0 Å². The molecule has 0 saturated heterocycles. The molecule has 0 aliphatic heterocycles. The van der Waals surface area contributed by atoms with Crippen LogP contribution >= 0.6 is 23.3 Å². The Morgan fingerprint density at radius 3 is 3.00 bits per heavy atom. The van der Waals surface area contributed by atoms with Gasteiger partial charge in [-0.05, 0) is 30.9 Å². The molecule has 0 spiro atoms. The van der Waals surface area contributed by atoms with Crippen molar-refractivity contribution in [3.63, 3.8) is 0 Å². The lowest BCUT2D eigenvalue weighted by Gasteiger charge is -2.14. The number of nitrogens with zero attached hydrogens (tertiary/aromatic N) is 2. The average Bonchev–Trinajstić information content (AvgIpc) is 2.71. The molecule has 1 unspecified atom stereocenters. The van der Waals surface area contributed by atoms with Crippen molar-refractivity contribution in [2.24, 2.45) is 0 Å². The second-order valence-corrected chi connectivity index (χ2v) is 5.12. The van der Waals surface area contributed by atoms with Crippen LogP contribution < -0.4 is 5.32 Å². The van der Waals surface area contributed by atoms with Crippen molar-refractivity contribution < 1.29 is 0 Å². The van der Waals surface area contributed by atoms with Crippen molar-refractivity contribution in [1.29, 1.82) is 0 Å². The molecule has 1 aromatic heterocycles. The van der Waals surface area contributed by atoms with E-state index in [0.29, 0.717) is 6.04 Å². The highest BCUT2D eigenvalue weighted by atomic mass is 32.2. The van der Waals surface area contributed by atoms with Gasteiger partial charge < -0.3 is 5.32 Å². The maximum atomic E-state index is 4.15. The van der Waals surface area contributed by atoms with Gasteiger partial charge in [-0.1, -0.05) is 25.6 Å². The van der Waals surface area contributed by atoms with Gasteiger partial charge in [-0.25, -0.2) is 4.98 Å². The van der Waals surface area contributed by atoms with E-state index < -0.39 is 0 Å². The Morgan fingerprint density at radius 2 is 2.43 bits per heavy atom. The SMILES string of the molecule is CCCNC(CC)CSc1ncns1. The molecule has 1 heterocycles. The molecule has 0 saturated carbocycles. The van der Waals surface area contributed by atoms with E-state index in [0.717, 1.165) is 16.6 Å². The van der Waals surface area contributed by atoms with Gasteiger partial charge >= 0.3 is 0 Å². The highest BCUT2D eigenvalue weighted by molar-refractivity contribution is 8.00. The summed E-state index contributed by atoms with van der Waals surface area (Å²) in [5.74, 6) is 1.09. The molecular formula is C9H17N3S2. The third-order valence-electron chi connectivity index (χ3n) is 1.92. The molecule has 0 aliphatic rings. The molecule has 3 nitrogen and oxygen atoms in total. The highest BCUT2D eigenvalue weighted by Crippen LogP contribution is 2.19. The molecule has 1 N–H and O–H groups in total. The minimum absolute atomic E-state index is 0.601. The summed E-state index contributed by atoms with van der Waals surface area (Å²) in [7, 11) is 0. The Morgan fingerprint density at radius 1 is 1.57 bits per heavy atom. The number of rotatable bonds is 7. The topological polar surface area (TPSA) is 37.8 Å². The molecule has 0 bridgehead atoms. The molecule has 0 aliphatic carbocycles. The molecular weight excluding hydrogens is 214 g/mol. The summed E-state index contributed by atoms with van der Waals surface area (Å²) < 4.78 is 5.05. The van der Waals surface area contributed by atoms with Gasteiger partial charge in [0.2, 0.25) is 0 Å². The summed E-state index contributed by atoms with van der Waals surface area (Å²) in [6, 6.07) is 0.601. The normalized spacial score (nSPS) is 13.0. The van der Waals surface area contributed by atoms with E-state index in [9.17, 15) is 0 Å². The van der Waals surface area contributed by atoms with Crippen LogP contribution in [0.15, 0.2) is 10.7 Å². The van der Waals surface area contributed by atoms with Crippen LogP contribution in [0.1, 0.15) is 26.7 Å². The number of thioether (sulfide) groups is 1. The monoisotopic (exact) mass is 231 g/mol. The molecule has 1 aromatic rings. The van der Waals surface area contributed by atoms with E-state index in [1.54, 1.807) is 18.1 Å². The minimum Gasteiger partial charge on any atom is -0.313 e. The minimum atomic E-state index is 0.601. The Kier molecular flexibility index (Phi) is 6.14. The number of hydrogen-bond donors (Lipinski definition) is 1. The molecule has 1 rings (SSSR count). The van der Waals surface area contributed by atoms with E-state index >= 15 is 0 Å². The summed E-state index contributed by atoms with van der Waals surface area (Å²) in [4.78, 5) is 4.15. The zero-order valence-corrected chi connectivity index (χ0v) is 10.3. The Bertz CT molecular complexity index is 226. The smallest absolute Gasteiger partial charge is 0.169 e. The predicted octanol–water partition coefficient (Wildman–Crippen LogP) is 2.41. The molecule has 0 fully saturated rings. The van der Waals surface area contributed by atoms with Crippen LogP contribution in [0.3, 0.4) is 0 Å². The molecule has 5 heteroatoms. The second kappa shape index (κ2) is 7.20. The van der Waals surface area contributed by atoms with Gasteiger partial charge in [0.1, 0.15) is 6.33 Å². The fourth-order valence-corrected chi connectivity index (χ4v) is 2.71.